The summed E-state index contributed by atoms with van der Waals surface area (Å²) in [5.41, 5.74) is 5.08. The van der Waals surface area contributed by atoms with Gasteiger partial charge in [0.25, 0.3) is 0 Å². The number of nitrogens with zero attached hydrogens (tertiary/aromatic N) is 3. The highest BCUT2D eigenvalue weighted by Crippen LogP contribution is 2.31. The second-order valence-corrected chi connectivity index (χ2v) is 6.51. The van der Waals surface area contributed by atoms with Crippen LogP contribution in [0.15, 0.2) is 53.3 Å². The maximum atomic E-state index is 12.4. The van der Waals surface area contributed by atoms with Gasteiger partial charge in [-0.1, -0.05) is 41.9 Å². The van der Waals surface area contributed by atoms with Crippen LogP contribution in [-0.4, -0.2) is 19.9 Å². The van der Waals surface area contributed by atoms with Crippen LogP contribution in [-0.2, 0) is 0 Å². The van der Waals surface area contributed by atoms with Gasteiger partial charge in [0, 0.05) is 28.6 Å². The number of H-pyrrole nitrogens is 1. The number of benzene rings is 1. The minimum absolute atomic E-state index is 0.165. The first-order chi connectivity index (χ1) is 12.5. The van der Waals surface area contributed by atoms with Crippen molar-refractivity contribution in [2.75, 3.05) is 0 Å². The minimum Gasteiger partial charge on any atom is -0.342 e. The predicted octanol–water partition coefficient (Wildman–Crippen LogP) is 4.32. The van der Waals surface area contributed by atoms with Crippen LogP contribution in [0.3, 0.4) is 0 Å². The lowest BCUT2D eigenvalue weighted by Crippen LogP contribution is -2.08. The molecule has 0 fully saturated rings. The molecule has 0 saturated heterocycles. The maximum Gasteiger partial charge on any atom is 0.209 e. The number of aromatic nitrogens is 4. The zero-order valence-corrected chi connectivity index (χ0v) is 15.0. The molecule has 0 atom stereocenters. The van der Waals surface area contributed by atoms with Gasteiger partial charge in [0.2, 0.25) is 5.43 Å². The number of fused-ring (bicyclic) bond motifs is 1. The van der Waals surface area contributed by atoms with Crippen LogP contribution in [0.25, 0.3) is 33.7 Å². The van der Waals surface area contributed by atoms with E-state index >= 15 is 0 Å². The van der Waals surface area contributed by atoms with Crippen molar-refractivity contribution in [1.29, 1.82) is 0 Å². The molecule has 128 valence electrons. The van der Waals surface area contributed by atoms with Crippen LogP contribution in [0.2, 0.25) is 5.15 Å². The Labute approximate surface area is 154 Å². The van der Waals surface area contributed by atoms with Gasteiger partial charge in [-0.3, -0.25) is 4.79 Å². The first-order valence-electron chi connectivity index (χ1n) is 8.13. The van der Waals surface area contributed by atoms with Gasteiger partial charge in [0.1, 0.15) is 5.15 Å². The van der Waals surface area contributed by atoms with E-state index in [-0.39, 0.29) is 5.43 Å². The van der Waals surface area contributed by atoms with Crippen LogP contribution < -0.4 is 5.43 Å². The molecule has 0 spiro atoms. The molecule has 0 bridgehead atoms. The monoisotopic (exact) mass is 362 g/mol. The summed E-state index contributed by atoms with van der Waals surface area (Å²) in [6.07, 6.45) is 0. The van der Waals surface area contributed by atoms with Gasteiger partial charge in [0.15, 0.2) is 11.2 Å². The van der Waals surface area contributed by atoms with Crippen molar-refractivity contribution in [2.45, 2.75) is 13.8 Å². The summed E-state index contributed by atoms with van der Waals surface area (Å²) in [5.74, 6) is 0. The van der Waals surface area contributed by atoms with Gasteiger partial charge < -0.3 is 4.98 Å². The third-order valence-electron chi connectivity index (χ3n) is 4.04. The molecular weight excluding hydrogens is 348 g/mol. The van der Waals surface area contributed by atoms with E-state index in [0.717, 1.165) is 22.5 Å². The number of nitrogens with one attached hydrogen (secondary N) is 1. The van der Waals surface area contributed by atoms with E-state index < -0.39 is 0 Å². The summed E-state index contributed by atoms with van der Waals surface area (Å²) in [6.45, 7) is 3.69. The van der Waals surface area contributed by atoms with E-state index in [1.807, 2.05) is 50.2 Å². The number of hydrogen-bond donors (Lipinski definition) is 1. The van der Waals surface area contributed by atoms with Gasteiger partial charge in [-0.15, -0.1) is 0 Å². The molecule has 5 nitrogen and oxygen atoms in total. The first-order valence-corrected chi connectivity index (χ1v) is 8.51. The van der Waals surface area contributed by atoms with E-state index in [0.29, 0.717) is 27.7 Å². The van der Waals surface area contributed by atoms with Gasteiger partial charge in [-0.05, 0) is 26.0 Å². The van der Waals surface area contributed by atoms with Crippen molar-refractivity contribution in [3.05, 3.63) is 75.3 Å². The summed E-state index contributed by atoms with van der Waals surface area (Å²) in [6, 6.07) is 14.9. The minimum atomic E-state index is -0.165. The van der Waals surface area contributed by atoms with Crippen LogP contribution in [0, 0.1) is 13.8 Å². The number of pyridine rings is 2. The number of halogens is 1. The summed E-state index contributed by atoms with van der Waals surface area (Å²) >= 11 is 6.14. The molecule has 0 saturated carbocycles. The molecular formula is C20H15ClN4O. The summed E-state index contributed by atoms with van der Waals surface area (Å²) in [4.78, 5) is 29.1. The predicted molar refractivity (Wildman–Crippen MR) is 103 cm³/mol. The standard InChI is InChI=1S/C20H15ClN4O/c1-11-8-14(10-16(21)22-11)18-17(13-6-4-3-5-7-13)25-20-19(24-18)15(26)9-12(2)23-20/h3-10H,1-2H3,(H,23,25,26). The van der Waals surface area contributed by atoms with Crippen molar-refractivity contribution < 1.29 is 0 Å². The topological polar surface area (TPSA) is 71.5 Å². The molecule has 0 radical (unpaired) electrons. The van der Waals surface area contributed by atoms with Crippen molar-refractivity contribution in [1.82, 2.24) is 19.9 Å². The Morgan fingerprint density at radius 2 is 1.62 bits per heavy atom. The lowest BCUT2D eigenvalue weighted by atomic mass is 10.0. The molecule has 26 heavy (non-hydrogen) atoms. The Hall–Kier alpha value is -3.05. The third kappa shape index (κ3) is 2.97. The Kier molecular flexibility index (Phi) is 4.01. The number of rotatable bonds is 2. The molecule has 1 aromatic carbocycles. The zero-order valence-electron chi connectivity index (χ0n) is 14.2. The molecule has 3 aromatic heterocycles. The van der Waals surface area contributed by atoms with Gasteiger partial charge >= 0.3 is 0 Å². The van der Waals surface area contributed by atoms with Gasteiger partial charge in [-0.25, -0.2) is 15.0 Å². The maximum absolute atomic E-state index is 12.4. The van der Waals surface area contributed by atoms with Gasteiger partial charge in [-0.2, -0.15) is 0 Å². The smallest absolute Gasteiger partial charge is 0.209 e. The molecule has 0 aliphatic carbocycles. The molecule has 4 aromatic rings. The summed E-state index contributed by atoms with van der Waals surface area (Å²) in [7, 11) is 0. The summed E-state index contributed by atoms with van der Waals surface area (Å²) < 4.78 is 0. The molecule has 0 amide bonds. The van der Waals surface area contributed by atoms with Crippen molar-refractivity contribution >= 4 is 22.8 Å². The highest BCUT2D eigenvalue weighted by molar-refractivity contribution is 6.29. The largest absolute Gasteiger partial charge is 0.342 e. The van der Waals surface area contributed by atoms with Crippen molar-refractivity contribution in [3.8, 4) is 22.5 Å². The Balaban J connectivity index is 2.11. The Morgan fingerprint density at radius 3 is 2.35 bits per heavy atom. The Morgan fingerprint density at radius 1 is 0.885 bits per heavy atom. The number of aryl methyl sites for hydroxylation is 2. The van der Waals surface area contributed by atoms with Crippen molar-refractivity contribution in [2.24, 2.45) is 0 Å². The van der Waals surface area contributed by atoms with Crippen LogP contribution >= 0.6 is 11.6 Å². The van der Waals surface area contributed by atoms with Crippen LogP contribution in [0.5, 0.6) is 0 Å². The highest BCUT2D eigenvalue weighted by atomic mass is 35.5. The number of aromatic amines is 1. The second kappa shape index (κ2) is 6.35. The zero-order chi connectivity index (χ0) is 18.3. The quantitative estimate of drug-likeness (QED) is 0.539. The molecule has 0 aliphatic rings. The van der Waals surface area contributed by atoms with Crippen molar-refractivity contribution in [3.63, 3.8) is 0 Å². The fourth-order valence-electron chi connectivity index (χ4n) is 2.95. The van der Waals surface area contributed by atoms with E-state index in [9.17, 15) is 4.79 Å². The average molecular weight is 363 g/mol. The fourth-order valence-corrected chi connectivity index (χ4v) is 3.20. The normalized spacial score (nSPS) is 11.0. The second-order valence-electron chi connectivity index (χ2n) is 6.12. The SMILES string of the molecule is Cc1cc(-c2nc3c(=O)cc(C)[nH]c3nc2-c2ccccc2)cc(Cl)n1. The molecule has 0 unspecified atom stereocenters. The van der Waals surface area contributed by atoms with Crippen LogP contribution in [0.4, 0.5) is 0 Å². The fraction of sp³-hybridized carbons (Fsp3) is 0.100. The van der Waals surface area contributed by atoms with Gasteiger partial charge in [0.05, 0.1) is 11.4 Å². The van der Waals surface area contributed by atoms with E-state index in [1.165, 1.54) is 6.07 Å². The lowest BCUT2D eigenvalue weighted by molar-refractivity contribution is 1.15. The third-order valence-corrected chi connectivity index (χ3v) is 4.23. The van der Waals surface area contributed by atoms with E-state index in [1.54, 1.807) is 6.07 Å². The molecule has 1 N–H and O–H groups in total. The summed E-state index contributed by atoms with van der Waals surface area (Å²) in [5, 5.41) is 0.374. The number of hydrogen-bond acceptors (Lipinski definition) is 4. The van der Waals surface area contributed by atoms with Crippen LogP contribution in [0.1, 0.15) is 11.4 Å². The first kappa shape index (κ1) is 16.4. The lowest BCUT2D eigenvalue weighted by Gasteiger charge is -2.11. The highest BCUT2D eigenvalue weighted by Gasteiger charge is 2.16. The molecule has 4 rings (SSSR count). The molecule has 0 aliphatic heterocycles. The molecule has 3 heterocycles. The van der Waals surface area contributed by atoms with E-state index in [4.69, 9.17) is 16.6 Å². The molecule has 6 heteroatoms. The average Bonchev–Trinajstić information content (AvgIpc) is 2.60. The van der Waals surface area contributed by atoms with E-state index in [2.05, 4.69) is 15.0 Å². The Bertz CT molecular complexity index is 1170.